The van der Waals surface area contributed by atoms with Gasteiger partial charge >= 0.3 is 6.09 Å². The summed E-state index contributed by atoms with van der Waals surface area (Å²) in [6.07, 6.45) is 16.1. The van der Waals surface area contributed by atoms with E-state index in [2.05, 4.69) is 61.6 Å². The largest absolute Gasteiger partial charge is 0.496 e. The minimum atomic E-state index is -0.415. The van der Waals surface area contributed by atoms with Crippen LogP contribution in [0.4, 0.5) is 10.6 Å². The second-order valence-electron chi connectivity index (χ2n) is 16.3. The molecule has 274 valence electrons. The van der Waals surface area contributed by atoms with Crippen molar-refractivity contribution in [2.75, 3.05) is 18.6 Å². The maximum atomic E-state index is 14.7. The monoisotopic (exact) mass is 697 g/mol. The molecule has 3 aromatic rings. The number of nitrogens with one attached hydrogen (secondary N) is 1. The fourth-order valence-electron chi connectivity index (χ4n) is 9.35. The molecule has 2 amide bonds. The van der Waals surface area contributed by atoms with Gasteiger partial charge in [-0.2, -0.15) is 5.10 Å². The number of fused-ring (bicyclic) bond motifs is 3. The number of ether oxygens (including phenoxy) is 2. The Hall–Kier alpha value is -3.92. The predicted octanol–water partition coefficient (Wildman–Crippen LogP) is 7.67. The van der Waals surface area contributed by atoms with Gasteiger partial charge in [0.2, 0.25) is 5.91 Å². The molecule has 1 aromatic carbocycles. The van der Waals surface area contributed by atoms with E-state index in [-0.39, 0.29) is 46.9 Å². The number of aryl methyl sites for hydroxylation is 1. The van der Waals surface area contributed by atoms with E-state index in [1.165, 1.54) is 11.1 Å². The van der Waals surface area contributed by atoms with Crippen molar-refractivity contribution in [1.29, 1.82) is 0 Å². The number of hydrogen-bond acceptors (Lipinski definition) is 7. The summed E-state index contributed by atoms with van der Waals surface area (Å²) < 4.78 is 13.3. The first kappa shape index (κ1) is 35.5. The average molecular weight is 698 g/mol. The third-order valence-electron chi connectivity index (χ3n) is 12.7. The number of pyridine rings is 1. The van der Waals surface area contributed by atoms with E-state index in [1.54, 1.807) is 7.11 Å². The van der Waals surface area contributed by atoms with Gasteiger partial charge in [-0.05, 0) is 150 Å². The van der Waals surface area contributed by atoms with E-state index >= 15 is 0 Å². The zero-order chi connectivity index (χ0) is 35.8. The number of rotatable bonds is 10. The summed E-state index contributed by atoms with van der Waals surface area (Å²) in [6.45, 7) is 7.02. The van der Waals surface area contributed by atoms with Crippen molar-refractivity contribution in [3.63, 3.8) is 0 Å². The molecule has 2 bridgehead atoms. The van der Waals surface area contributed by atoms with E-state index in [0.717, 1.165) is 61.8 Å². The fraction of sp³-hybridized carbons (Fsp3) is 0.610. The molecule has 5 saturated carbocycles. The number of anilines is 1. The van der Waals surface area contributed by atoms with Crippen molar-refractivity contribution >= 4 is 17.8 Å². The molecule has 10 heteroatoms. The van der Waals surface area contributed by atoms with Crippen LogP contribution in [0.25, 0.3) is 11.1 Å². The normalized spacial score (nSPS) is 28.8. The molecule has 10 nitrogen and oxygen atoms in total. The summed E-state index contributed by atoms with van der Waals surface area (Å²) in [7, 11) is 1.73. The number of aliphatic hydroxyl groups excluding tert-OH is 1. The van der Waals surface area contributed by atoms with Crippen LogP contribution in [0, 0.1) is 18.3 Å². The van der Waals surface area contributed by atoms with E-state index in [9.17, 15) is 14.7 Å². The Morgan fingerprint density at radius 2 is 1.75 bits per heavy atom. The lowest BCUT2D eigenvalue weighted by atomic mass is 9.51. The molecular weight excluding hydrogens is 642 g/mol. The van der Waals surface area contributed by atoms with Crippen molar-refractivity contribution in [3.05, 3.63) is 60.0 Å². The van der Waals surface area contributed by atoms with E-state index in [4.69, 9.17) is 14.5 Å². The van der Waals surface area contributed by atoms with Crippen LogP contribution in [-0.2, 0) is 14.9 Å². The maximum absolute atomic E-state index is 14.7. The van der Waals surface area contributed by atoms with Crippen LogP contribution in [0.15, 0.2) is 48.9 Å². The minimum Gasteiger partial charge on any atom is -0.496 e. The van der Waals surface area contributed by atoms with Gasteiger partial charge in [0.1, 0.15) is 17.7 Å². The molecule has 2 atom stereocenters. The molecular formula is C41H55N5O5. The summed E-state index contributed by atoms with van der Waals surface area (Å²) in [6, 6.07) is 11.0. The Balaban J connectivity index is 1.07. The van der Waals surface area contributed by atoms with Crippen LogP contribution in [0.2, 0.25) is 0 Å². The number of benzene rings is 1. The van der Waals surface area contributed by atoms with Gasteiger partial charge in [-0.15, -0.1) is 0 Å². The van der Waals surface area contributed by atoms with Gasteiger partial charge in [0.15, 0.2) is 0 Å². The molecule has 8 rings (SSSR count). The molecule has 5 aliphatic carbocycles. The van der Waals surface area contributed by atoms with Crippen LogP contribution >= 0.6 is 0 Å². The second kappa shape index (κ2) is 14.6. The third-order valence-corrected chi connectivity index (χ3v) is 12.7. The Morgan fingerprint density at radius 1 is 1.00 bits per heavy atom. The Morgan fingerprint density at radius 3 is 2.37 bits per heavy atom. The highest BCUT2D eigenvalue weighted by atomic mass is 16.6. The Kier molecular flexibility index (Phi) is 10.2. The number of carbonyl (C=O) groups excluding carboxylic acids is 2. The van der Waals surface area contributed by atoms with Crippen molar-refractivity contribution in [1.82, 2.24) is 20.1 Å². The van der Waals surface area contributed by atoms with Gasteiger partial charge in [-0.25, -0.2) is 9.78 Å². The topological polar surface area (TPSA) is 119 Å². The summed E-state index contributed by atoms with van der Waals surface area (Å²) in [5.41, 5.74) is 4.85. The van der Waals surface area contributed by atoms with E-state index < -0.39 is 6.09 Å². The summed E-state index contributed by atoms with van der Waals surface area (Å²) >= 11 is 0. The van der Waals surface area contributed by atoms with Crippen molar-refractivity contribution in [2.45, 2.75) is 134 Å². The SMILES string of the molecule is COc1ccc(C23CCC(CN(C(=O)C4CCC(OC(=O)NC5CCC(O)C5)CC4)c4cc(-c5cnn(C(C)C)c5)ccn4)(CC2)CC3)cc1C. The van der Waals surface area contributed by atoms with Gasteiger partial charge in [-0.3, -0.25) is 14.4 Å². The third kappa shape index (κ3) is 7.52. The summed E-state index contributed by atoms with van der Waals surface area (Å²) in [4.78, 5) is 34.1. The summed E-state index contributed by atoms with van der Waals surface area (Å²) in [5.74, 6) is 1.61. The first-order valence-electron chi connectivity index (χ1n) is 19.2. The van der Waals surface area contributed by atoms with Crippen LogP contribution in [0.5, 0.6) is 5.75 Å². The average Bonchev–Trinajstić information content (AvgIpc) is 3.81. The lowest BCUT2D eigenvalue weighted by molar-refractivity contribution is -0.124. The van der Waals surface area contributed by atoms with Gasteiger partial charge in [0.05, 0.1) is 19.4 Å². The molecule has 2 heterocycles. The molecule has 51 heavy (non-hydrogen) atoms. The number of alkyl carbamates (subject to hydrolysis) is 1. The van der Waals surface area contributed by atoms with Gasteiger partial charge in [0.25, 0.3) is 0 Å². The first-order chi connectivity index (χ1) is 24.5. The number of nitrogens with zero attached hydrogens (tertiary/aromatic N) is 4. The predicted molar refractivity (Wildman–Crippen MR) is 197 cm³/mol. The molecule has 5 fully saturated rings. The molecule has 0 radical (unpaired) electrons. The zero-order valence-corrected chi connectivity index (χ0v) is 30.8. The van der Waals surface area contributed by atoms with E-state index in [0.29, 0.717) is 50.9 Å². The van der Waals surface area contributed by atoms with E-state index in [1.807, 2.05) is 28.0 Å². The first-order valence-corrected chi connectivity index (χ1v) is 19.2. The second-order valence-corrected chi connectivity index (χ2v) is 16.3. The molecule has 2 aromatic heterocycles. The number of amides is 2. The molecule has 5 aliphatic rings. The Bertz CT molecular complexity index is 1690. The van der Waals surface area contributed by atoms with Gasteiger partial charge in [-0.1, -0.05) is 12.1 Å². The highest BCUT2D eigenvalue weighted by Gasteiger charge is 2.51. The molecule has 0 saturated heterocycles. The van der Waals surface area contributed by atoms with Crippen molar-refractivity contribution in [2.24, 2.45) is 11.3 Å². The lowest BCUT2D eigenvalue weighted by Gasteiger charge is -2.55. The Labute approximate surface area is 302 Å². The number of aliphatic hydroxyl groups is 1. The number of aromatic nitrogens is 3. The quantitative estimate of drug-likeness (QED) is 0.223. The molecule has 2 unspecified atom stereocenters. The van der Waals surface area contributed by atoms with Crippen LogP contribution in [0.3, 0.4) is 0 Å². The molecule has 0 spiro atoms. The molecule has 0 aliphatic heterocycles. The highest BCUT2D eigenvalue weighted by Crippen LogP contribution is 2.58. The molecule has 2 N–H and O–H groups in total. The van der Waals surface area contributed by atoms with Crippen molar-refractivity contribution in [3.8, 4) is 16.9 Å². The summed E-state index contributed by atoms with van der Waals surface area (Å²) in [5, 5.41) is 17.3. The van der Waals surface area contributed by atoms with Gasteiger partial charge in [0, 0.05) is 42.5 Å². The number of carbonyl (C=O) groups is 2. The highest BCUT2D eigenvalue weighted by molar-refractivity contribution is 5.95. The van der Waals surface area contributed by atoms with Crippen LogP contribution < -0.4 is 15.0 Å². The van der Waals surface area contributed by atoms with Crippen molar-refractivity contribution < 1.29 is 24.2 Å². The maximum Gasteiger partial charge on any atom is 0.407 e. The zero-order valence-electron chi connectivity index (χ0n) is 30.8. The fourth-order valence-corrected chi connectivity index (χ4v) is 9.35. The number of methoxy groups -OCH3 is 1. The van der Waals surface area contributed by atoms with Gasteiger partial charge < -0.3 is 19.9 Å². The van der Waals surface area contributed by atoms with Crippen LogP contribution in [-0.4, -0.2) is 63.8 Å². The smallest absolute Gasteiger partial charge is 0.407 e. The standard InChI is InChI=1S/C41H55N5O5/c1-27(2)46-25-31(24-43-46)30-13-20-42-37(22-30)45(38(48)29-5-10-35(11-6-29)51-39(49)44-33-8-9-34(47)23-33)26-40-14-17-41(18-15-40,19-16-40)32-7-12-36(50-4)28(3)21-32/h7,12-13,20-22,24-25,27,29,33-35,47H,5-6,8-11,14-19,23,26H2,1-4H3,(H,44,49). The minimum absolute atomic E-state index is 0.0358. The number of hydrogen-bond donors (Lipinski definition) is 2. The lowest BCUT2D eigenvalue weighted by Crippen LogP contribution is -2.52. The van der Waals surface area contributed by atoms with Crippen LogP contribution in [0.1, 0.15) is 114 Å².